The second kappa shape index (κ2) is 7.63. The standard InChI is InChI=1S/C14H15N3O5S/c1-21-9-4-3-8(5-10(9)22-2)7-15-17-14-16-13(20)11(23-14)6-12(18)19/h3-5,7,11H,6H2,1-2H3,(H,18,19)(H,16,17,20)/b15-7-/t11-/m0/s1. The smallest absolute Gasteiger partial charge is 0.305 e. The quantitative estimate of drug-likeness (QED) is 0.594. The molecule has 0 radical (unpaired) electrons. The highest BCUT2D eigenvalue weighted by molar-refractivity contribution is 8.15. The molecule has 0 saturated carbocycles. The van der Waals surface area contributed by atoms with Crippen molar-refractivity contribution in [3.63, 3.8) is 0 Å². The van der Waals surface area contributed by atoms with Gasteiger partial charge in [-0.25, -0.2) is 0 Å². The Balaban J connectivity index is 2.04. The average molecular weight is 337 g/mol. The summed E-state index contributed by atoms with van der Waals surface area (Å²) in [5.74, 6) is -0.245. The second-order valence-corrected chi connectivity index (χ2v) is 5.65. The number of ether oxygens (including phenoxy) is 2. The Kier molecular flexibility index (Phi) is 5.58. The molecule has 0 unspecified atom stereocenters. The Hall–Kier alpha value is -2.55. The summed E-state index contributed by atoms with van der Waals surface area (Å²) in [6, 6.07) is 5.25. The van der Waals surface area contributed by atoms with Crippen LogP contribution < -0.4 is 14.8 Å². The van der Waals surface area contributed by atoms with Gasteiger partial charge in [0, 0.05) is 0 Å². The molecule has 2 rings (SSSR count). The van der Waals surface area contributed by atoms with Gasteiger partial charge in [0.05, 0.1) is 26.9 Å². The van der Waals surface area contributed by atoms with Gasteiger partial charge in [0.25, 0.3) is 0 Å². The number of benzene rings is 1. The number of amidine groups is 1. The van der Waals surface area contributed by atoms with Crippen molar-refractivity contribution in [2.75, 3.05) is 14.2 Å². The summed E-state index contributed by atoms with van der Waals surface area (Å²) in [5, 5.41) is 18.6. The van der Waals surface area contributed by atoms with Crippen molar-refractivity contribution in [1.82, 2.24) is 5.32 Å². The highest BCUT2D eigenvalue weighted by Crippen LogP contribution is 2.27. The predicted molar refractivity (Wildman–Crippen MR) is 86.3 cm³/mol. The van der Waals surface area contributed by atoms with Crippen molar-refractivity contribution in [3.05, 3.63) is 23.8 Å². The maximum absolute atomic E-state index is 11.5. The van der Waals surface area contributed by atoms with Crippen molar-refractivity contribution in [2.45, 2.75) is 11.7 Å². The van der Waals surface area contributed by atoms with Gasteiger partial charge in [-0.1, -0.05) is 11.8 Å². The molecule has 0 aromatic heterocycles. The molecule has 2 N–H and O–H groups in total. The van der Waals surface area contributed by atoms with Crippen molar-refractivity contribution >= 4 is 35.0 Å². The number of nitrogens with one attached hydrogen (secondary N) is 1. The van der Waals surface area contributed by atoms with Crippen LogP contribution in [0.4, 0.5) is 0 Å². The zero-order valence-corrected chi connectivity index (χ0v) is 13.3. The van der Waals surface area contributed by atoms with E-state index in [2.05, 4.69) is 15.5 Å². The highest BCUT2D eigenvalue weighted by Gasteiger charge is 2.32. The molecule has 23 heavy (non-hydrogen) atoms. The number of thioether (sulfide) groups is 1. The molecule has 122 valence electrons. The zero-order chi connectivity index (χ0) is 16.8. The van der Waals surface area contributed by atoms with E-state index >= 15 is 0 Å². The van der Waals surface area contributed by atoms with E-state index in [4.69, 9.17) is 14.6 Å². The fourth-order valence-corrected chi connectivity index (χ4v) is 2.74. The maximum atomic E-state index is 11.5. The highest BCUT2D eigenvalue weighted by atomic mass is 32.2. The van der Waals surface area contributed by atoms with Crippen LogP contribution >= 0.6 is 11.8 Å². The van der Waals surface area contributed by atoms with Crippen LogP contribution in [0.3, 0.4) is 0 Å². The topological polar surface area (TPSA) is 110 Å². The van der Waals surface area contributed by atoms with Gasteiger partial charge in [0.1, 0.15) is 5.25 Å². The predicted octanol–water partition coefficient (Wildman–Crippen LogP) is 1.10. The Morgan fingerprint density at radius 1 is 1.39 bits per heavy atom. The van der Waals surface area contributed by atoms with Gasteiger partial charge in [-0.3, -0.25) is 9.59 Å². The number of carbonyl (C=O) groups excluding carboxylic acids is 1. The van der Waals surface area contributed by atoms with Gasteiger partial charge in [-0.05, 0) is 23.8 Å². The Bertz CT molecular complexity index is 674. The third kappa shape index (κ3) is 4.46. The van der Waals surface area contributed by atoms with Crippen molar-refractivity contribution in [3.8, 4) is 11.5 Å². The van der Waals surface area contributed by atoms with Crippen LogP contribution in [-0.4, -0.2) is 47.8 Å². The first-order valence-electron chi connectivity index (χ1n) is 6.56. The monoisotopic (exact) mass is 337 g/mol. The Morgan fingerprint density at radius 3 is 2.78 bits per heavy atom. The van der Waals surface area contributed by atoms with Crippen LogP contribution in [-0.2, 0) is 9.59 Å². The van der Waals surface area contributed by atoms with Crippen LogP contribution in [0.15, 0.2) is 28.4 Å². The average Bonchev–Trinajstić information content (AvgIpc) is 2.86. The molecule has 1 amide bonds. The summed E-state index contributed by atoms with van der Waals surface area (Å²) in [6.07, 6.45) is 1.24. The van der Waals surface area contributed by atoms with E-state index in [0.717, 1.165) is 17.3 Å². The Labute approximate surface area is 136 Å². The van der Waals surface area contributed by atoms with E-state index in [1.807, 2.05) is 0 Å². The molecule has 1 aliphatic rings. The number of carbonyl (C=O) groups is 2. The fourth-order valence-electron chi connectivity index (χ4n) is 1.83. The fraction of sp³-hybridized carbons (Fsp3) is 0.286. The normalized spacial score (nSPS) is 19.1. The molecular formula is C14H15N3O5S. The van der Waals surface area contributed by atoms with E-state index in [0.29, 0.717) is 11.5 Å². The van der Waals surface area contributed by atoms with Crippen LogP contribution in [0.25, 0.3) is 0 Å². The lowest BCUT2D eigenvalue weighted by atomic mass is 10.2. The van der Waals surface area contributed by atoms with Crippen LogP contribution in [0, 0.1) is 0 Å². The molecule has 1 heterocycles. The lowest BCUT2D eigenvalue weighted by Crippen LogP contribution is -2.26. The minimum absolute atomic E-state index is 0.255. The lowest BCUT2D eigenvalue weighted by Gasteiger charge is -2.07. The molecule has 1 aromatic carbocycles. The zero-order valence-electron chi connectivity index (χ0n) is 12.5. The molecule has 0 spiro atoms. The van der Waals surface area contributed by atoms with E-state index < -0.39 is 11.2 Å². The molecule has 1 saturated heterocycles. The number of carboxylic acid groups (broad SMARTS) is 1. The molecule has 8 nitrogen and oxygen atoms in total. The first-order chi connectivity index (χ1) is 11.0. The first kappa shape index (κ1) is 16.8. The van der Waals surface area contributed by atoms with E-state index in [1.165, 1.54) is 13.3 Å². The molecule has 1 fully saturated rings. The van der Waals surface area contributed by atoms with Gasteiger partial charge < -0.3 is 19.9 Å². The van der Waals surface area contributed by atoms with Gasteiger partial charge >= 0.3 is 5.97 Å². The summed E-state index contributed by atoms with van der Waals surface area (Å²) in [5.41, 5.74) is 0.739. The van der Waals surface area contributed by atoms with Crippen LogP contribution in [0.1, 0.15) is 12.0 Å². The van der Waals surface area contributed by atoms with Gasteiger partial charge in [-0.2, -0.15) is 5.10 Å². The molecule has 1 aliphatic heterocycles. The number of aliphatic carboxylic acids is 1. The largest absolute Gasteiger partial charge is 0.493 e. The minimum Gasteiger partial charge on any atom is -0.493 e. The number of methoxy groups -OCH3 is 2. The number of hydrogen-bond acceptors (Lipinski definition) is 7. The number of amides is 1. The molecule has 0 aliphatic carbocycles. The van der Waals surface area contributed by atoms with E-state index in [1.54, 1.807) is 25.3 Å². The summed E-state index contributed by atoms with van der Waals surface area (Å²) >= 11 is 1.05. The number of nitrogens with zero attached hydrogens (tertiary/aromatic N) is 2. The maximum Gasteiger partial charge on any atom is 0.305 e. The lowest BCUT2D eigenvalue weighted by molar-refractivity contribution is -0.138. The first-order valence-corrected chi connectivity index (χ1v) is 7.44. The third-order valence-corrected chi connectivity index (χ3v) is 3.97. The number of carboxylic acids is 1. The number of rotatable bonds is 6. The van der Waals surface area contributed by atoms with Crippen molar-refractivity contribution in [2.24, 2.45) is 10.2 Å². The molecule has 1 aromatic rings. The van der Waals surface area contributed by atoms with Crippen molar-refractivity contribution in [1.29, 1.82) is 0 Å². The van der Waals surface area contributed by atoms with Gasteiger partial charge in [0.2, 0.25) is 5.91 Å². The molecule has 9 heteroatoms. The third-order valence-electron chi connectivity index (χ3n) is 2.90. The number of hydrogen-bond donors (Lipinski definition) is 2. The van der Waals surface area contributed by atoms with Gasteiger partial charge in [0.15, 0.2) is 16.7 Å². The minimum atomic E-state index is -1.03. The van der Waals surface area contributed by atoms with Crippen molar-refractivity contribution < 1.29 is 24.2 Å². The SMILES string of the molecule is COc1ccc(/C=N\N=C2/NC(=O)[C@H](CC(=O)O)S2)cc1OC. The molecule has 1 atom stereocenters. The van der Waals surface area contributed by atoms with Crippen LogP contribution in [0.2, 0.25) is 0 Å². The van der Waals surface area contributed by atoms with E-state index in [9.17, 15) is 9.59 Å². The second-order valence-electron chi connectivity index (χ2n) is 4.46. The van der Waals surface area contributed by atoms with E-state index in [-0.39, 0.29) is 17.5 Å². The molecule has 0 bridgehead atoms. The summed E-state index contributed by atoms with van der Waals surface area (Å²) in [7, 11) is 3.08. The van der Waals surface area contributed by atoms with Crippen LogP contribution in [0.5, 0.6) is 11.5 Å². The molecular weight excluding hydrogens is 322 g/mol. The summed E-state index contributed by atoms with van der Waals surface area (Å²) in [6.45, 7) is 0. The summed E-state index contributed by atoms with van der Waals surface area (Å²) in [4.78, 5) is 22.2. The van der Waals surface area contributed by atoms with Gasteiger partial charge in [-0.15, -0.1) is 5.10 Å². The summed E-state index contributed by atoms with van der Waals surface area (Å²) < 4.78 is 10.3. The Morgan fingerprint density at radius 2 is 2.13 bits per heavy atom.